The van der Waals surface area contributed by atoms with Gasteiger partial charge in [-0.2, -0.15) is 0 Å². The van der Waals surface area contributed by atoms with Crippen molar-refractivity contribution in [3.05, 3.63) is 21.9 Å². The second kappa shape index (κ2) is 4.71. The van der Waals surface area contributed by atoms with Crippen LogP contribution >= 0.6 is 11.3 Å². The Bertz CT molecular complexity index is 375. The summed E-state index contributed by atoms with van der Waals surface area (Å²) in [7, 11) is 0. The number of aryl methyl sites for hydroxylation is 1. The standard InChI is InChI=1S/C14H22N2S/c1-10-5-6-17-14(10)13(7-15)16-8-11-3-2-4-12(11)9-16/h5-6,11-13H,2-4,7-9,15H2,1H3. The number of hydrogen-bond acceptors (Lipinski definition) is 3. The van der Waals surface area contributed by atoms with E-state index in [0.717, 1.165) is 18.4 Å². The topological polar surface area (TPSA) is 29.3 Å². The number of thiophene rings is 1. The molecular weight excluding hydrogens is 228 g/mol. The summed E-state index contributed by atoms with van der Waals surface area (Å²) in [6.07, 6.45) is 4.35. The minimum absolute atomic E-state index is 0.473. The maximum Gasteiger partial charge on any atom is 0.0567 e. The summed E-state index contributed by atoms with van der Waals surface area (Å²) in [6, 6.07) is 2.69. The van der Waals surface area contributed by atoms with Crippen LogP contribution in [-0.4, -0.2) is 24.5 Å². The van der Waals surface area contributed by atoms with Gasteiger partial charge < -0.3 is 5.73 Å². The Morgan fingerprint density at radius 3 is 2.65 bits per heavy atom. The van der Waals surface area contributed by atoms with E-state index in [9.17, 15) is 0 Å². The fourth-order valence-corrected chi connectivity index (χ4v) is 4.75. The van der Waals surface area contributed by atoms with Crippen molar-refractivity contribution in [3.63, 3.8) is 0 Å². The maximum atomic E-state index is 6.03. The van der Waals surface area contributed by atoms with Crippen LogP contribution in [0.25, 0.3) is 0 Å². The van der Waals surface area contributed by atoms with Gasteiger partial charge in [-0.1, -0.05) is 6.42 Å². The van der Waals surface area contributed by atoms with Crippen molar-refractivity contribution >= 4 is 11.3 Å². The molecule has 2 nitrogen and oxygen atoms in total. The Kier molecular flexibility index (Phi) is 3.24. The van der Waals surface area contributed by atoms with Crippen molar-refractivity contribution < 1.29 is 0 Å². The van der Waals surface area contributed by atoms with E-state index in [1.165, 1.54) is 42.8 Å². The van der Waals surface area contributed by atoms with Crippen LogP contribution in [0.4, 0.5) is 0 Å². The third-order valence-corrected chi connectivity index (χ3v) is 5.74. The number of hydrogen-bond donors (Lipinski definition) is 1. The second-order valence-corrected chi connectivity index (χ2v) is 6.57. The van der Waals surface area contributed by atoms with Crippen molar-refractivity contribution in [2.45, 2.75) is 32.2 Å². The van der Waals surface area contributed by atoms with Crippen LogP contribution in [0.5, 0.6) is 0 Å². The Morgan fingerprint density at radius 1 is 1.41 bits per heavy atom. The van der Waals surface area contributed by atoms with Gasteiger partial charge in [0.25, 0.3) is 0 Å². The first-order valence-electron chi connectivity index (χ1n) is 6.77. The first-order valence-corrected chi connectivity index (χ1v) is 7.65. The summed E-state index contributed by atoms with van der Waals surface area (Å²) in [5.41, 5.74) is 7.45. The average molecular weight is 250 g/mol. The summed E-state index contributed by atoms with van der Waals surface area (Å²) in [4.78, 5) is 4.14. The highest BCUT2D eigenvalue weighted by molar-refractivity contribution is 7.10. The summed E-state index contributed by atoms with van der Waals surface area (Å²) >= 11 is 1.88. The van der Waals surface area contributed by atoms with Crippen LogP contribution in [0, 0.1) is 18.8 Å². The molecule has 2 N–H and O–H groups in total. The fraction of sp³-hybridized carbons (Fsp3) is 0.714. The number of nitrogens with two attached hydrogens (primary N) is 1. The number of fused-ring (bicyclic) bond motifs is 1. The molecule has 0 amide bonds. The molecule has 3 atom stereocenters. The fourth-order valence-electron chi connectivity index (χ4n) is 3.67. The van der Waals surface area contributed by atoms with Crippen LogP contribution in [0.2, 0.25) is 0 Å². The van der Waals surface area contributed by atoms with Gasteiger partial charge >= 0.3 is 0 Å². The molecule has 2 aliphatic rings. The Labute approximate surface area is 108 Å². The summed E-state index contributed by atoms with van der Waals surface area (Å²) in [6.45, 7) is 5.54. The van der Waals surface area contributed by atoms with E-state index in [0.29, 0.717) is 6.04 Å². The van der Waals surface area contributed by atoms with Gasteiger partial charge in [0.15, 0.2) is 0 Å². The number of likely N-dealkylation sites (tertiary alicyclic amines) is 1. The van der Waals surface area contributed by atoms with Gasteiger partial charge in [0.1, 0.15) is 0 Å². The van der Waals surface area contributed by atoms with E-state index < -0.39 is 0 Å². The lowest BCUT2D eigenvalue weighted by molar-refractivity contribution is 0.234. The largest absolute Gasteiger partial charge is 0.329 e. The average Bonchev–Trinajstić information content (AvgIpc) is 2.96. The molecule has 1 aliphatic heterocycles. The van der Waals surface area contributed by atoms with Crippen LogP contribution in [0.3, 0.4) is 0 Å². The molecule has 1 aliphatic carbocycles. The van der Waals surface area contributed by atoms with Crippen molar-refractivity contribution in [1.29, 1.82) is 0 Å². The zero-order valence-corrected chi connectivity index (χ0v) is 11.4. The van der Waals surface area contributed by atoms with Crippen molar-refractivity contribution in [3.8, 4) is 0 Å². The van der Waals surface area contributed by atoms with Crippen LogP contribution in [-0.2, 0) is 0 Å². The lowest BCUT2D eigenvalue weighted by Gasteiger charge is -2.27. The summed E-state index contributed by atoms with van der Waals surface area (Å²) < 4.78 is 0. The highest BCUT2D eigenvalue weighted by atomic mass is 32.1. The predicted molar refractivity (Wildman–Crippen MR) is 73.3 cm³/mol. The van der Waals surface area contributed by atoms with Gasteiger partial charge in [0.05, 0.1) is 6.04 Å². The monoisotopic (exact) mass is 250 g/mol. The van der Waals surface area contributed by atoms with Crippen molar-refractivity contribution in [2.75, 3.05) is 19.6 Å². The van der Waals surface area contributed by atoms with E-state index in [1.54, 1.807) is 0 Å². The van der Waals surface area contributed by atoms with E-state index in [2.05, 4.69) is 23.3 Å². The summed E-state index contributed by atoms with van der Waals surface area (Å²) in [5.74, 6) is 1.92. The number of rotatable bonds is 3. The van der Waals surface area contributed by atoms with Gasteiger partial charge in [-0.25, -0.2) is 0 Å². The van der Waals surface area contributed by atoms with Gasteiger partial charge in [-0.3, -0.25) is 4.90 Å². The molecule has 0 aromatic carbocycles. The molecule has 3 unspecified atom stereocenters. The van der Waals surface area contributed by atoms with Crippen LogP contribution in [0.1, 0.15) is 35.7 Å². The van der Waals surface area contributed by atoms with Gasteiger partial charge in [0, 0.05) is 24.5 Å². The quantitative estimate of drug-likeness (QED) is 0.894. The molecule has 3 heteroatoms. The lowest BCUT2D eigenvalue weighted by Crippen LogP contribution is -2.32. The first kappa shape index (κ1) is 11.7. The van der Waals surface area contributed by atoms with Gasteiger partial charge in [-0.05, 0) is 48.6 Å². The number of nitrogens with zero attached hydrogens (tertiary/aromatic N) is 1. The molecule has 2 fully saturated rings. The summed E-state index contributed by atoms with van der Waals surface area (Å²) in [5, 5.41) is 2.20. The zero-order valence-electron chi connectivity index (χ0n) is 10.6. The minimum atomic E-state index is 0.473. The molecule has 1 aromatic heterocycles. The Hall–Kier alpha value is -0.380. The van der Waals surface area contributed by atoms with Crippen molar-refractivity contribution in [2.24, 2.45) is 17.6 Å². The SMILES string of the molecule is Cc1ccsc1C(CN)N1CC2CCCC2C1. The highest BCUT2D eigenvalue weighted by Crippen LogP contribution is 2.41. The molecule has 1 saturated heterocycles. The highest BCUT2D eigenvalue weighted by Gasteiger charge is 2.39. The predicted octanol–water partition coefficient (Wildman–Crippen LogP) is 2.79. The van der Waals surface area contributed by atoms with E-state index in [4.69, 9.17) is 5.73 Å². The lowest BCUT2D eigenvalue weighted by atomic mass is 10.0. The molecular formula is C14H22N2S. The molecule has 0 spiro atoms. The van der Waals surface area contributed by atoms with Crippen LogP contribution in [0.15, 0.2) is 11.4 Å². The van der Waals surface area contributed by atoms with Gasteiger partial charge in [-0.15, -0.1) is 11.3 Å². The first-order chi connectivity index (χ1) is 8.29. The third-order valence-electron chi connectivity index (χ3n) is 4.62. The maximum absolute atomic E-state index is 6.03. The third kappa shape index (κ3) is 2.05. The molecule has 2 heterocycles. The van der Waals surface area contributed by atoms with E-state index in [1.807, 2.05) is 11.3 Å². The molecule has 1 saturated carbocycles. The minimum Gasteiger partial charge on any atom is -0.329 e. The molecule has 17 heavy (non-hydrogen) atoms. The molecule has 3 rings (SSSR count). The van der Waals surface area contributed by atoms with Crippen LogP contribution < -0.4 is 5.73 Å². The Balaban J connectivity index is 1.76. The molecule has 0 radical (unpaired) electrons. The van der Waals surface area contributed by atoms with E-state index in [-0.39, 0.29) is 0 Å². The second-order valence-electron chi connectivity index (χ2n) is 5.62. The van der Waals surface area contributed by atoms with Crippen molar-refractivity contribution in [1.82, 2.24) is 4.90 Å². The smallest absolute Gasteiger partial charge is 0.0567 e. The molecule has 1 aromatic rings. The normalized spacial score (nSPS) is 30.7. The Morgan fingerprint density at radius 2 is 2.12 bits per heavy atom. The molecule has 0 bridgehead atoms. The van der Waals surface area contributed by atoms with E-state index >= 15 is 0 Å². The van der Waals surface area contributed by atoms with Gasteiger partial charge in [0.2, 0.25) is 0 Å². The molecule has 94 valence electrons. The zero-order chi connectivity index (χ0) is 11.8.